The predicted octanol–water partition coefficient (Wildman–Crippen LogP) is 5.50. The molecule has 4 rings (SSSR count). The van der Waals surface area contributed by atoms with Crippen LogP contribution >= 0.6 is 23.6 Å². The summed E-state index contributed by atoms with van der Waals surface area (Å²) in [5, 5.41) is 6.87. The van der Waals surface area contributed by atoms with Crippen LogP contribution in [0.5, 0.6) is 5.75 Å². The number of fused-ring (bicyclic) bond motifs is 1. The van der Waals surface area contributed by atoms with E-state index in [1.165, 1.54) is 6.08 Å². The second-order valence-corrected chi connectivity index (χ2v) is 8.06. The van der Waals surface area contributed by atoms with Gasteiger partial charge in [-0.1, -0.05) is 36.4 Å². The number of thiocarbonyl (C=S) groups is 1. The number of benzene rings is 3. The third-order valence-corrected chi connectivity index (χ3v) is 5.73. The summed E-state index contributed by atoms with van der Waals surface area (Å²) in [5.74, 6) is 0.454. The Morgan fingerprint density at radius 2 is 1.87 bits per heavy atom. The molecule has 154 valence electrons. The molecule has 0 fully saturated rings. The lowest BCUT2D eigenvalue weighted by Crippen LogP contribution is -2.32. The third-order valence-electron chi connectivity index (χ3n) is 4.44. The van der Waals surface area contributed by atoms with Gasteiger partial charge in [-0.05, 0) is 60.3 Å². The van der Waals surface area contributed by atoms with E-state index < -0.39 is 0 Å². The van der Waals surface area contributed by atoms with E-state index in [2.05, 4.69) is 21.7 Å². The van der Waals surface area contributed by atoms with Crippen LogP contribution in [0.2, 0.25) is 0 Å². The van der Waals surface area contributed by atoms with Gasteiger partial charge < -0.3 is 10.1 Å². The highest BCUT2D eigenvalue weighted by atomic mass is 32.1. The average molecular weight is 446 g/mol. The Hall–Kier alpha value is -3.55. The molecule has 0 atom stereocenters. The molecule has 7 heteroatoms. The van der Waals surface area contributed by atoms with Crippen molar-refractivity contribution in [2.45, 2.75) is 0 Å². The summed E-state index contributed by atoms with van der Waals surface area (Å²) in [7, 11) is 1.61. The van der Waals surface area contributed by atoms with E-state index in [9.17, 15) is 4.79 Å². The zero-order valence-corrected chi connectivity index (χ0v) is 18.3. The van der Waals surface area contributed by atoms with Crippen LogP contribution in [0.25, 0.3) is 26.9 Å². The van der Waals surface area contributed by atoms with Crippen molar-refractivity contribution in [3.8, 4) is 16.3 Å². The Labute approximate surface area is 189 Å². The minimum Gasteiger partial charge on any atom is -0.497 e. The van der Waals surface area contributed by atoms with Crippen molar-refractivity contribution in [1.82, 2.24) is 10.3 Å². The van der Waals surface area contributed by atoms with Gasteiger partial charge in [0.05, 0.1) is 17.3 Å². The van der Waals surface area contributed by atoms with Crippen LogP contribution in [0.4, 0.5) is 5.69 Å². The fraction of sp³-hybridized carbons (Fsp3) is 0.0417. The van der Waals surface area contributed by atoms with Gasteiger partial charge in [-0.2, -0.15) is 0 Å². The van der Waals surface area contributed by atoms with Gasteiger partial charge >= 0.3 is 0 Å². The summed E-state index contributed by atoms with van der Waals surface area (Å²) < 4.78 is 6.26. The van der Waals surface area contributed by atoms with E-state index in [0.717, 1.165) is 37.8 Å². The van der Waals surface area contributed by atoms with E-state index >= 15 is 0 Å². The van der Waals surface area contributed by atoms with Gasteiger partial charge in [0.25, 0.3) is 0 Å². The second kappa shape index (κ2) is 9.51. The molecule has 5 nitrogen and oxygen atoms in total. The molecule has 2 N–H and O–H groups in total. The first-order chi connectivity index (χ1) is 15.1. The fourth-order valence-electron chi connectivity index (χ4n) is 2.93. The first kappa shape index (κ1) is 20.7. The molecule has 1 heterocycles. The number of carbonyl (C=O) groups excluding carboxylic acids is 1. The Bertz CT molecular complexity index is 1230. The number of aromatic nitrogens is 1. The number of rotatable bonds is 5. The van der Waals surface area contributed by atoms with E-state index in [4.69, 9.17) is 17.0 Å². The summed E-state index contributed by atoms with van der Waals surface area (Å²) >= 11 is 6.92. The molecule has 0 saturated heterocycles. The molecule has 0 unspecified atom stereocenters. The second-order valence-electron chi connectivity index (χ2n) is 6.62. The number of anilines is 1. The molecule has 1 amide bonds. The van der Waals surface area contributed by atoms with Crippen molar-refractivity contribution in [2.24, 2.45) is 0 Å². The third kappa shape index (κ3) is 5.33. The highest BCUT2D eigenvalue weighted by Gasteiger charge is 2.08. The SMILES string of the molecule is COc1ccc(/C=C/C(=O)NC(=S)Nc2cccc(-c3nc4ccccc4s3)c2)cc1. The first-order valence-corrected chi connectivity index (χ1v) is 10.7. The summed E-state index contributed by atoms with van der Waals surface area (Å²) in [6, 6.07) is 23.2. The summed E-state index contributed by atoms with van der Waals surface area (Å²) in [4.78, 5) is 16.9. The van der Waals surface area contributed by atoms with Gasteiger partial charge in [0.2, 0.25) is 5.91 Å². The molecule has 0 bridgehead atoms. The molecule has 0 spiro atoms. The number of methoxy groups -OCH3 is 1. The quantitative estimate of drug-likeness (QED) is 0.314. The normalized spacial score (nSPS) is 10.9. The highest BCUT2D eigenvalue weighted by molar-refractivity contribution is 7.80. The number of ether oxygens (including phenoxy) is 1. The van der Waals surface area contributed by atoms with Crippen LogP contribution in [-0.4, -0.2) is 23.1 Å². The van der Waals surface area contributed by atoms with Gasteiger partial charge in [-0.25, -0.2) is 4.98 Å². The molecule has 0 aliphatic carbocycles. The lowest BCUT2D eigenvalue weighted by atomic mass is 10.2. The van der Waals surface area contributed by atoms with Crippen molar-refractivity contribution < 1.29 is 9.53 Å². The lowest BCUT2D eigenvalue weighted by Gasteiger charge is -2.09. The van der Waals surface area contributed by atoms with E-state index in [-0.39, 0.29) is 11.0 Å². The topological polar surface area (TPSA) is 63.2 Å². The van der Waals surface area contributed by atoms with Crippen LogP contribution in [0.15, 0.2) is 78.9 Å². The van der Waals surface area contributed by atoms with Crippen LogP contribution in [0, 0.1) is 0 Å². The Kier molecular flexibility index (Phi) is 6.35. The molecule has 3 aromatic carbocycles. The molecular formula is C24H19N3O2S2. The van der Waals surface area contributed by atoms with Gasteiger partial charge in [-0.3, -0.25) is 10.1 Å². The van der Waals surface area contributed by atoms with Gasteiger partial charge in [0.1, 0.15) is 10.8 Å². The largest absolute Gasteiger partial charge is 0.497 e. The number of nitrogens with zero attached hydrogens (tertiary/aromatic N) is 1. The fourth-order valence-corrected chi connectivity index (χ4v) is 4.11. The summed E-state index contributed by atoms with van der Waals surface area (Å²) in [5.41, 5.74) is 3.63. The maximum Gasteiger partial charge on any atom is 0.250 e. The molecule has 0 radical (unpaired) electrons. The van der Waals surface area contributed by atoms with Crippen LogP contribution in [-0.2, 0) is 4.79 Å². The van der Waals surface area contributed by atoms with E-state index in [0.29, 0.717) is 0 Å². The van der Waals surface area contributed by atoms with Crippen LogP contribution < -0.4 is 15.4 Å². The smallest absolute Gasteiger partial charge is 0.250 e. The van der Waals surface area contributed by atoms with Gasteiger partial charge in [0, 0.05) is 17.3 Å². The van der Waals surface area contributed by atoms with Gasteiger partial charge in [-0.15, -0.1) is 11.3 Å². The number of thiazole rings is 1. The Morgan fingerprint density at radius 1 is 1.06 bits per heavy atom. The number of hydrogen-bond donors (Lipinski definition) is 2. The average Bonchev–Trinajstić information content (AvgIpc) is 3.22. The van der Waals surface area contributed by atoms with Crippen molar-refractivity contribution in [1.29, 1.82) is 0 Å². The van der Waals surface area contributed by atoms with Crippen molar-refractivity contribution in [2.75, 3.05) is 12.4 Å². The predicted molar refractivity (Wildman–Crippen MR) is 131 cm³/mol. The zero-order valence-electron chi connectivity index (χ0n) is 16.7. The molecular weight excluding hydrogens is 426 g/mol. The molecule has 0 saturated carbocycles. The number of nitrogens with one attached hydrogen (secondary N) is 2. The number of amides is 1. The van der Waals surface area contributed by atoms with Crippen molar-refractivity contribution >= 4 is 56.6 Å². The maximum absolute atomic E-state index is 12.2. The van der Waals surface area contributed by atoms with E-state index in [1.807, 2.05) is 66.7 Å². The summed E-state index contributed by atoms with van der Waals surface area (Å²) in [6.45, 7) is 0. The molecule has 0 aliphatic heterocycles. The zero-order chi connectivity index (χ0) is 21.6. The van der Waals surface area contributed by atoms with E-state index in [1.54, 1.807) is 24.5 Å². The first-order valence-electron chi connectivity index (χ1n) is 9.51. The lowest BCUT2D eigenvalue weighted by molar-refractivity contribution is -0.115. The molecule has 0 aliphatic rings. The minimum atomic E-state index is -0.310. The number of hydrogen-bond acceptors (Lipinski definition) is 5. The minimum absolute atomic E-state index is 0.228. The van der Waals surface area contributed by atoms with Crippen LogP contribution in [0.3, 0.4) is 0 Å². The highest BCUT2D eigenvalue weighted by Crippen LogP contribution is 2.31. The number of para-hydroxylation sites is 1. The number of carbonyl (C=O) groups is 1. The monoisotopic (exact) mass is 445 g/mol. The summed E-state index contributed by atoms with van der Waals surface area (Å²) in [6.07, 6.45) is 3.15. The molecule has 4 aromatic rings. The standard InChI is InChI=1S/C24H19N3O2S2/c1-29-19-12-9-16(10-13-19)11-14-22(28)27-24(30)25-18-6-4-5-17(15-18)23-26-20-7-2-3-8-21(20)31-23/h2-15H,1H3,(H2,25,27,28,30)/b14-11+. The Balaban J connectivity index is 1.38. The maximum atomic E-state index is 12.2. The Morgan fingerprint density at radius 3 is 2.65 bits per heavy atom. The van der Waals surface area contributed by atoms with Crippen molar-refractivity contribution in [3.63, 3.8) is 0 Å². The molecule has 31 heavy (non-hydrogen) atoms. The van der Waals surface area contributed by atoms with Gasteiger partial charge in [0.15, 0.2) is 5.11 Å². The van der Waals surface area contributed by atoms with Crippen molar-refractivity contribution in [3.05, 3.63) is 84.4 Å². The van der Waals surface area contributed by atoms with Crippen LogP contribution in [0.1, 0.15) is 5.56 Å². The molecule has 1 aromatic heterocycles.